The molecule has 0 unspecified atom stereocenters. The Morgan fingerprint density at radius 1 is 0.952 bits per heavy atom. The monoisotopic (exact) mass is 298 g/mol. The van der Waals surface area contributed by atoms with Gasteiger partial charge in [0.05, 0.1) is 21.9 Å². The second-order valence-corrected chi connectivity index (χ2v) is 5.44. The number of aromatic nitrogens is 2. The molecule has 3 aromatic rings. The van der Waals surface area contributed by atoms with Crippen LogP contribution >= 0.6 is 11.3 Å². The van der Waals surface area contributed by atoms with Crippen molar-refractivity contribution in [3.05, 3.63) is 35.8 Å². The number of nitrogens with two attached hydrogens (primary N) is 4. The summed E-state index contributed by atoms with van der Waals surface area (Å²) in [6.07, 6.45) is 1.60. The molecule has 106 valence electrons. The fourth-order valence-electron chi connectivity index (χ4n) is 2.07. The zero-order valence-corrected chi connectivity index (χ0v) is 11.9. The van der Waals surface area contributed by atoms with E-state index in [0.29, 0.717) is 17.2 Å². The summed E-state index contributed by atoms with van der Waals surface area (Å²) in [5.41, 5.74) is 26.6. The summed E-state index contributed by atoms with van der Waals surface area (Å²) in [6.45, 7) is 0. The number of anilines is 4. The van der Waals surface area contributed by atoms with Gasteiger partial charge in [-0.25, -0.2) is 9.97 Å². The maximum absolute atomic E-state index is 6.04. The zero-order valence-electron chi connectivity index (χ0n) is 11.1. The van der Waals surface area contributed by atoms with Gasteiger partial charge in [0.2, 0.25) is 0 Å². The predicted molar refractivity (Wildman–Crippen MR) is 88.4 cm³/mol. The van der Waals surface area contributed by atoms with Crippen molar-refractivity contribution in [2.24, 2.45) is 0 Å². The van der Waals surface area contributed by atoms with Crippen molar-refractivity contribution in [2.45, 2.75) is 0 Å². The van der Waals surface area contributed by atoms with E-state index in [1.54, 1.807) is 29.7 Å². The van der Waals surface area contributed by atoms with Gasteiger partial charge in [0.1, 0.15) is 11.6 Å². The van der Waals surface area contributed by atoms with Crippen LogP contribution < -0.4 is 22.9 Å². The lowest BCUT2D eigenvalue weighted by molar-refractivity contribution is 1.32. The summed E-state index contributed by atoms with van der Waals surface area (Å²) >= 11 is 1.56. The summed E-state index contributed by atoms with van der Waals surface area (Å²) in [6, 6.07) is 7.47. The molecule has 0 atom stereocenters. The number of nitrogens with zero attached hydrogens (tertiary/aromatic N) is 2. The third-order valence-electron chi connectivity index (χ3n) is 3.15. The summed E-state index contributed by atoms with van der Waals surface area (Å²) in [7, 11) is 0. The van der Waals surface area contributed by atoms with Crippen molar-refractivity contribution in [3.8, 4) is 21.7 Å². The second kappa shape index (κ2) is 4.95. The Hall–Kier alpha value is -2.80. The van der Waals surface area contributed by atoms with Crippen LogP contribution in [0.25, 0.3) is 21.7 Å². The average Bonchev–Trinajstić information content (AvgIpc) is 2.98. The first-order valence-electron chi connectivity index (χ1n) is 6.18. The minimum absolute atomic E-state index is 0.278. The molecule has 21 heavy (non-hydrogen) atoms. The van der Waals surface area contributed by atoms with Crippen LogP contribution in [0.2, 0.25) is 0 Å². The molecule has 3 heterocycles. The fourth-order valence-corrected chi connectivity index (χ4v) is 2.80. The average molecular weight is 298 g/mol. The van der Waals surface area contributed by atoms with Crippen LogP contribution in [0.3, 0.4) is 0 Å². The molecule has 0 aliphatic heterocycles. The Morgan fingerprint density at radius 3 is 2.48 bits per heavy atom. The SMILES string of the molecule is Nc1cc(-c2ccnc(N)c2N)c(-c2cccs2)nc1N. The predicted octanol–water partition coefficient (Wildman–Crippen LogP) is 2.20. The van der Waals surface area contributed by atoms with Crippen molar-refractivity contribution in [1.29, 1.82) is 0 Å². The van der Waals surface area contributed by atoms with Gasteiger partial charge in [-0.05, 0) is 23.6 Å². The molecular formula is C14H14N6S. The van der Waals surface area contributed by atoms with Crippen molar-refractivity contribution in [1.82, 2.24) is 9.97 Å². The molecule has 0 radical (unpaired) electrons. The zero-order chi connectivity index (χ0) is 15.0. The van der Waals surface area contributed by atoms with E-state index in [0.717, 1.165) is 21.7 Å². The number of thiophene rings is 1. The molecule has 0 aliphatic carbocycles. The first kappa shape index (κ1) is 13.2. The standard InChI is InChI=1S/C14H14N6S/c15-9-6-8(7-3-4-19-14(18)11(7)16)12(20-13(9)17)10-2-1-5-21-10/h1-6H,15-16H2,(H2,17,20)(H2,18,19). The van der Waals surface area contributed by atoms with Gasteiger partial charge < -0.3 is 22.9 Å². The fraction of sp³-hybridized carbons (Fsp3) is 0. The Balaban J connectivity index is 2.31. The van der Waals surface area contributed by atoms with Gasteiger partial charge in [-0.3, -0.25) is 0 Å². The normalized spacial score (nSPS) is 10.7. The van der Waals surface area contributed by atoms with E-state index in [4.69, 9.17) is 22.9 Å². The van der Waals surface area contributed by atoms with E-state index < -0.39 is 0 Å². The van der Waals surface area contributed by atoms with Gasteiger partial charge in [0, 0.05) is 17.3 Å². The summed E-state index contributed by atoms with van der Waals surface area (Å²) in [4.78, 5) is 9.36. The lowest BCUT2D eigenvalue weighted by Gasteiger charge is -2.13. The van der Waals surface area contributed by atoms with E-state index in [-0.39, 0.29) is 5.82 Å². The van der Waals surface area contributed by atoms with Gasteiger partial charge in [-0.1, -0.05) is 6.07 Å². The van der Waals surface area contributed by atoms with Crippen LogP contribution in [0.15, 0.2) is 35.8 Å². The van der Waals surface area contributed by atoms with Crippen LogP contribution in [-0.2, 0) is 0 Å². The molecule has 7 heteroatoms. The minimum Gasteiger partial charge on any atom is -0.396 e. The van der Waals surface area contributed by atoms with Crippen molar-refractivity contribution in [3.63, 3.8) is 0 Å². The van der Waals surface area contributed by atoms with Gasteiger partial charge in [0.25, 0.3) is 0 Å². The molecule has 0 saturated carbocycles. The maximum atomic E-state index is 6.04. The van der Waals surface area contributed by atoms with Crippen LogP contribution in [0.1, 0.15) is 0 Å². The van der Waals surface area contributed by atoms with Gasteiger partial charge in [-0.2, -0.15) is 0 Å². The van der Waals surface area contributed by atoms with E-state index in [1.165, 1.54) is 0 Å². The van der Waals surface area contributed by atoms with E-state index in [1.807, 2.05) is 17.5 Å². The molecule has 0 aromatic carbocycles. The van der Waals surface area contributed by atoms with Crippen LogP contribution in [-0.4, -0.2) is 9.97 Å². The molecule has 6 nitrogen and oxygen atoms in total. The highest BCUT2D eigenvalue weighted by Crippen LogP contribution is 2.39. The number of hydrogen-bond donors (Lipinski definition) is 4. The molecule has 3 rings (SSSR count). The smallest absolute Gasteiger partial charge is 0.147 e. The Morgan fingerprint density at radius 2 is 1.76 bits per heavy atom. The van der Waals surface area contributed by atoms with Crippen LogP contribution in [0.4, 0.5) is 23.0 Å². The lowest BCUT2D eigenvalue weighted by atomic mass is 10.0. The molecule has 3 aromatic heterocycles. The minimum atomic E-state index is 0.278. The molecular weight excluding hydrogens is 284 g/mol. The Kier molecular flexibility index (Phi) is 3.11. The highest BCUT2D eigenvalue weighted by atomic mass is 32.1. The molecule has 0 amide bonds. The summed E-state index contributed by atoms with van der Waals surface area (Å²) in [5, 5.41) is 1.97. The van der Waals surface area contributed by atoms with Gasteiger partial charge in [-0.15, -0.1) is 11.3 Å². The first-order chi connectivity index (χ1) is 10.1. The number of hydrogen-bond acceptors (Lipinski definition) is 7. The van der Waals surface area contributed by atoms with Crippen LogP contribution in [0, 0.1) is 0 Å². The largest absolute Gasteiger partial charge is 0.396 e. The Labute approximate surface area is 125 Å². The highest BCUT2D eigenvalue weighted by Gasteiger charge is 2.16. The molecule has 0 bridgehead atoms. The number of nitrogen functional groups attached to an aromatic ring is 4. The number of rotatable bonds is 2. The van der Waals surface area contributed by atoms with Crippen molar-refractivity contribution >= 4 is 34.3 Å². The van der Waals surface area contributed by atoms with Crippen molar-refractivity contribution in [2.75, 3.05) is 22.9 Å². The summed E-state index contributed by atoms with van der Waals surface area (Å²) < 4.78 is 0. The van der Waals surface area contributed by atoms with Gasteiger partial charge in [0.15, 0.2) is 0 Å². The number of pyridine rings is 2. The van der Waals surface area contributed by atoms with E-state index >= 15 is 0 Å². The van der Waals surface area contributed by atoms with Gasteiger partial charge >= 0.3 is 0 Å². The van der Waals surface area contributed by atoms with E-state index in [9.17, 15) is 0 Å². The third kappa shape index (κ3) is 2.23. The summed E-state index contributed by atoms with van der Waals surface area (Å²) in [5.74, 6) is 0.572. The van der Waals surface area contributed by atoms with Crippen LogP contribution in [0.5, 0.6) is 0 Å². The van der Waals surface area contributed by atoms with E-state index in [2.05, 4.69) is 9.97 Å². The first-order valence-corrected chi connectivity index (χ1v) is 7.06. The molecule has 0 spiro atoms. The Bertz CT molecular complexity index is 797. The maximum Gasteiger partial charge on any atom is 0.147 e. The van der Waals surface area contributed by atoms with Crippen molar-refractivity contribution < 1.29 is 0 Å². The topological polar surface area (TPSA) is 130 Å². The second-order valence-electron chi connectivity index (χ2n) is 4.49. The lowest BCUT2D eigenvalue weighted by Crippen LogP contribution is -2.03. The molecule has 0 saturated heterocycles. The third-order valence-corrected chi connectivity index (χ3v) is 4.03. The molecule has 0 fully saturated rings. The molecule has 0 aliphatic rings. The molecule has 8 N–H and O–H groups in total. The quantitative estimate of drug-likeness (QED) is 0.574. The highest BCUT2D eigenvalue weighted by molar-refractivity contribution is 7.13.